The molecule has 0 saturated heterocycles. The zero-order valence-electron chi connectivity index (χ0n) is 11.0. The van der Waals surface area contributed by atoms with E-state index in [2.05, 4.69) is 6.07 Å². The van der Waals surface area contributed by atoms with Crippen molar-refractivity contribution in [2.24, 2.45) is 0 Å². The van der Waals surface area contributed by atoms with Crippen LogP contribution < -0.4 is 5.43 Å². The van der Waals surface area contributed by atoms with Crippen molar-refractivity contribution in [2.45, 2.75) is 6.92 Å². The molecule has 0 aliphatic heterocycles. The summed E-state index contributed by atoms with van der Waals surface area (Å²) in [7, 11) is 0. The lowest BCUT2D eigenvalue weighted by Crippen LogP contribution is -2.03. The minimum absolute atomic E-state index is 0.0433. The zero-order chi connectivity index (χ0) is 13.7. The summed E-state index contributed by atoms with van der Waals surface area (Å²) in [5, 5.41) is 3.34. The van der Waals surface area contributed by atoms with Crippen molar-refractivity contribution in [1.82, 2.24) is 0 Å². The van der Waals surface area contributed by atoms with Crippen molar-refractivity contribution < 1.29 is 4.42 Å². The predicted molar refractivity (Wildman–Crippen MR) is 82.2 cm³/mol. The molecule has 20 heavy (non-hydrogen) atoms. The Morgan fingerprint density at radius 2 is 1.60 bits per heavy atom. The maximum Gasteiger partial charge on any atom is 0.201 e. The maximum absolute atomic E-state index is 12.8. The van der Waals surface area contributed by atoms with Crippen molar-refractivity contribution in [2.75, 3.05) is 0 Å². The highest BCUT2D eigenvalue weighted by atomic mass is 16.3. The molecule has 0 bridgehead atoms. The molecule has 0 radical (unpaired) electrons. The van der Waals surface area contributed by atoms with Gasteiger partial charge in [-0.3, -0.25) is 4.79 Å². The average Bonchev–Trinajstić information content (AvgIpc) is 2.48. The Kier molecular flexibility index (Phi) is 2.21. The van der Waals surface area contributed by atoms with Gasteiger partial charge in [0.15, 0.2) is 0 Å². The standard InChI is InChI=1S/C18H12O2/c1-11-10-12-6-2-3-7-13(12)16-17(19)14-8-4-5-9-15(14)20-18(11)16/h2-10H,1H3. The summed E-state index contributed by atoms with van der Waals surface area (Å²) < 4.78 is 5.97. The van der Waals surface area contributed by atoms with Gasteiger partial charge in [-0.05, 0) is 41.5 Å². The fraction of sp³-hybridized carbons (Fsp3) is 0.0556. The van der Waals surface area contributed by atoms with Crippen LogP contribution in [0.3, 0.4) is 0 Å². The normalized spacial score (nSPS) is 11.4. The van der Waals surface area contributed by atoms with Crippen molar-refractivity contribution >= 4 is 32.7 Å². The van der Waals surface area contributed by atoms with Gasteiger partial charge in [0.25, 0.3) is 0 Å². The van der Waals surface area contributed by atoms with Crippen LogP contribution in [0.2, 0.25) is 0 Å². The summed E-state index contributed by atoms with van der Waals surface area (Å²) in [6, 6.07) is 17.4. The molecule has 1 aromatic heterocycles. The average molecular weight is 260 g/mol. The van der Waals surface area contributed by atoms with Crippen LogP contribution in [-0.4, -0.2) is 0 Å². The molecule has 1 heterocycles. The monoisotopic (exact) mass is 260 g/mol. The third-order valence-corrected chi connectivity index (χ3v) is 3.76. The van der Waals surface area contributed by atoms with Crippen LogP contribution in [-0.2, 0) is 0 Å². The first kappa shape index (κ1) is 11.2. The van der Waals surface area contributed by atoms with Crippen LogP contribution in [0.4, 0.5) is 0 Å². The summed E-state index contributed by atoms with van der Waals surface area (Å²) in [5.74, 6) is 0. The Labute approximate surface area is 115 Å². The van der Waals surface area contributed by atoms with E-state index in [9.17, 15) is 4.79 Å². The van der Waals surface area contributed by atoms with Crippen LogP contribution in [0.25, 0.3) is 32.7 Å². The molecule has 0 aliphatic carbocycles. The molecule has 96 valence electrons. The van der Waals surface area contributed by atoms with E-state index in [-0.39, 0.29) is 5.43 Å². The van der Waals surface area contributed by atoms with E-state index in [0.29, 0.717) is 21.9 Å². The number of hydrogen-bond acceptors (Lipinski definition) is 2. The van der Waals surface area contributed by atoms with Crippen molar-refractivity contribution in [3.63, 3.8) is 0 Å². The summed E-state index contributed by atoms with van der Waals surface area (Å²) in [6.45, 7) is 1.98. The molecule has 3 aromatic carbocycles. The molecule has 0 aliphatic rings. The number of fused-ring (bicyclic) bond motifs is 4. The lowest BCUT2D eigenvalue weighted by atomic mass is 10.0. The van der Waals surface area contributed by atoms with Gasteiger partial charge in [-0.25, -0.2) is 0 Å². The first-order valence-electron chi connectivity index (χ1n) is 6.59. The van der Waals surface area contributed by atoms with Gasteiger partial charge in [0.05, 0.1) is 10.8 Å². The van der Waals surface area contributed by atoms with Crippen molar-refractivity contribution in [3.05, 3.63) is 70.4 Å². The third-order valence-electron chi connectivity index (χ3n) is 3.76. The van der Waals surface area contributed by atoms with E-state index in [0.717, 1.165) is 16.3 Å². The largest absolute Gasteiger partial charge is 0.456 e. The quantitative estimate of drug-likeness (QED) is 0.346. The molecular weight excluding hydrogens is 248 g/mol. The fourth-order valence-corrected chi connectivity index (χ4v) is 2.81. The van der Waals surface area contributed by atoms with Gasteiger partial charge >= 0.3 is 0 Å². The van der Waals surface area contributed by atoms with Crippen molar-refractivity contribution in [3.8, 4) is 0 Å². The second-order valence-electron chi connectivity index (χ2n) is 5.05. The van der Waals surface area contributed by atoms with Gasteiger partial charge in [0.2, 0.25) is 5.43 Å². The fourth-order valence-electron chi connectivity index (χ4n) is 2.81. The second kappa shape index (κ2) is 3.94. The Hall–Kier alpha value is -2.61. The number of hydrogen-bond donors (Lipinski definition) is 0. The van der Waals surface area contributed by atoms with Crippen LogP contribution in [0.1, 0.15) is 5.56 Å². The van der Waals surface area contributed by atoms with Gasteiger partial charge in [-0.15, -0.1) is 0 Å². The molecule has 0 unspecified atom stereocenters. The van der Waals surface area contributed by atoms with Crippen LogP contribution in [0, 0.1) is 6.92 Å². The van der Waals surface area contributed by atoms with E-state index in [1.165, 1.54) is 0 Å². The highest BCUT2D eigenvalue weighted by molar-refractivity contribution is 6.09. The predicted octanol–water partition coefficient (Wildman–Crippen LogP) is 4.41. The molecule has 0 amide bonds. The highest BCUT2D eigenvalue weighted by Gasteiger charge is 2.12. The Bertz CT molecular complexity index is 1030. The van der Waals surface area contributed by atoms with Crippen LogP contribution >= 0.6 is 0 Å². The summed E-state index contributed by atoms with van der Waals surface area (Å²) in [5.41, 5.74) is 2.36. The molecule has 0 N–H and O–H groups in total. The zero-order valence-corrected chi connectivity index (χ0v) is 11.0. The van der Waals surface area contributed by atoms with Crippen molar-refractivity contribution in [1.29, 1.82) is 0 Å². The number of rotatable bonds is 0. The molecule has 2 heteroatoms. The number of para-hydroxylation sites is 1. The Morgan fingerprint density at radius 1 is 0.900 bits per heavy atom. The molecule has 0 atom stereocenters. The lowest BCUT2D eigenvalue weighted by Gasteiger charge is -2.07. The highest BCUT2D eigenvalue weighted by Crippen LogP contribution is 2.28. The van der Waals surface area contributed by atoms with Crippen LogP contribution in [0.5, 0.6) is 0 Å². The molecule has 4 aromatic rings. The first-order valence-corrected chi connectivity index (χ1v) is 6.59. The van der Waals surface area contributed by atoms with E-state index in [1.807, 2.05) is 55.5 Å². The molecular formula is C18H12O2. The molecule has 0 fully saturated rings. The first-order chi connectivity index (χ1) is 9.75. The Balaban J connectivity index is 2.41. The van der Waals surface area contributed by atoms with Gasteiger partial charge in [0.1, 0.15) is 11.2 Å². The summed E-state index contributed by atoms with van der Waals surface area (Å²) >= 11 is 0. The van der Waals surface area contributed by atoms with E-state index >= 15 is 0 Å². The van der Waals surface area contributed by atoms with Crippen LogP contribution in [0.15, 0.2) is 63.8 Å². The topological polar surface area (TPSA) is 30.2 Å². The number of aryl methyl sites for hydroxylation is 1. The van der Waals surface area contributed by atoms with E-state index in [1.54, 1.807) is 0 Å². The lowest BCUT2D eigenvalue weighted by molar-refractivity contribution is 0.657. The summed E-state index contributed by atoms with van der Waals surface area (Å²) in [4.78, 5) is 12.8. The van der Waals surface area contributed by atoms with E-state index in [4.69, 9.17) is 4.42 Å². The minimum atomic E-state index is 0.0433. The third kappa shape index (κ3) is 1.42. The molecule has 4 rings (SSSR count). The number of benzene rings is 3. The SMILES string of the molecule is Cc1cc2ccccc2c2c(=O)c3ccccc3oc12. The molecule has 2 nitrogen and oxygen atoms in total. The van der Waals surface area contributed by atoms with Gasteiger partial charge < -0.3 is 4.42 Å². The minimum Gasteiger partial charge on any atom is -0.456 e. The second-order valence-corrected chi connectivity index (χ2v) is 5.05. The van der Waals surface area contributed by atoms with E-state index < -0.39 is 0 Å². The summed E-state index contributed by atoms with van der Waals surface area (Å²) in [6.07, 6.45) is 0. The van der Waals surface area contributed by atoms with Gasteiger partial charge in [-0.1, -0.05) is 36.4 Å². The Morgan fingerprint density at radius 3 is 2.45 bits per heavy atom. The molecule has 0 saturated carbocycles. The van der Waals surface area contributed by atoms with Gasteiger partial charge in [0, 0.05) is 0 Å². The maximum atomic E-state index is 12.8. The van der Waals surface area contributed by atoms with Gasteiger partial charge in [-0.2, -0.15) is 0 Å². The smallest absolute Gasteiger partial charge is 0.201 e. The molecule has 0 spiro atoms.